The lowest BCUT2D eigenvalue weighted by atomic mass is 9.88. The highest BCUT2D eigenvalue weighted by molar-refractivity contribution is 6.04. The standard InChI is InChI=1S/C20H29NO2/c1-5-17(20(22)15(2)3)19(14-21-10-12-23-13-11-21)18-9-7-6-8-16(18)4/h6-9,15H,5,10-14H2,1-4H3/b19-17+. The highest BCUT2D eigenvalue weighted by Crippen LogP contribution is 2.27. The number of carbonyl (C=O) groups excluding carboxylic acids is 1. The summed E-state index contributed by atoms with van der Waals surface area (Å²) < 4.78 is 5.46. The molecule has 23 heavy (non-hydrogen) atoms. The Morgan fingerprint density at radius 3 is 2.43 bits per heavy atom. The summed E-state index contributed by atoms with van der Waals surface area (Å²) in [4.78, 5) is 15.1. The Kier molecular flexibility index (Phi) is 6.55. The van der Waals surface area contributed by atoms with E-state index in [1.165, 1.54) is 16.7 Å². The number of Topliss-reactive ketones (excluding diaryl/α,β-unsaturated/α-hetero) is 1. The molecule has 3 heteroatoms. The fourth-order valence-electron chi connectivity index (χ4n) is 3.12. The van der Waals surface area contributed by atoms with Gasteiger partial charge in [-0.15, -0.1) is 0 Å². The second-order valence-corrected chi connectivity index (χ2v) is 6.53. The van der Waals surface area contributed by atoms with Crippen molar-refractivity contribution in [3.63, 3.8) is 0 Å². The number of morpholine rings is 1. The number of rotatable bonds is 6. The molecule has 0 bridgehead atoms. The zero-order chi connectivity index (χ0) is 16.8. The van der Waals surface area contributed by atoms with Crippen molar-refractivity contribution in [2.24, 2.45) is 5.92 Å². The fraction of sp³-hybridized carbons (Fsp3) is 0.550. The molecule has 0 atom stereocenters. The van der Waals surface area contributed by atoms with Gasteiger partial charge < -0.3 is 4.74 Å². The molecule has 1 aliphatic heterocycles. The van der Waals surface area contributed by atoms with E-state index in [9.17, 15) is 4.79 Å². The van der Waals surface area contributed by atoms with Crippen LogP contribution >= 0.6 is 0 Å². The van der Waals surface area contributed by atoms with Gasteiger partial charge in [-0.25, -0.2) is 0 Å². The van der Waals surface area contributed by atoms with Gasteiger partial charge in [0, 0.05) is 31.1 Å². The maximum absolute atomic E-state index is 12.7. The third-order valence-corrected chi connectivity index (χ3v) is 4.50. The summed E-state index contributed by atoms with van der Waals surface area (Å²) in [6, 6.07) is 8.39. The second-order valence-electron chi connectivity index (χ2n) is 6.53. The minimum absolute atomic E-state index is 0.0358. The molecule has 126 valence electrons. The van der Waals surface area contributed by atoms with Crippen molar-refractivity contribution >= 4 is 11.4 Å². The van der Waals surface area contributed by atoms with Gasteiger partial charge in [0.25, 0.3) is 0 Å². The van der Waals surface area contributed by atoms with E-state index in [0.717, 1.165) is 44.8 Å². The van der Waals surface area contributed by atoms with Crippen LogP contribution in [0.4, 0.5) is 0 Å². The summed E-state index contributed by atoms with van der Waals surface area (Å²) in [5.74, 6) is 0.313. The molecule has 0 spiro atoms. The van der Waals surface area contributed by atoms with Gasteiger partial charge in [-0.1, -0.05) is 45.0 Å². The van der Waals surface area contributed by atoms with Crippen LogP contribution < -0.4 is 0 Å². The zero-order valence-electron chi connectivity index (χ0n) is 14.9. The van der Waals surface area contributed by atoms with E-state index in [2.05, 4.69) is 43.0 Å². The van der Waals surface area contributed by atoms with Crippen molar-refractivity contribution in [2.45, 2.75) is 34.1 Å². The minimum Gasteiger partial charge on any atom is -0.379 e. The molecule has 1 aromatic rings. The maximum atomic E-state index is 12.7. The summed E-state index contributed by atoms with van der Waals surface area (Å²) in [6.07, 6.45) is 0.783. The van der Waals surface area contributed by atoms with Crippen molar-refractivity contribution in [1.29, 1.82) is 0 Å². The van der Waals surface area contributed by atoms with Crippen LogP contribution in [-0.2, 0) is 9.53 Å². The number of carbonyl (C=O) groups is 1. The van der Waals surface area contributed by atoms with Crippen LogP contribution in [0.25, 0.3) is 5.57 Å². The van der Waals surface area contributed by atoms with E-state index in [1.807, 2.05) is 13.8 Å². The molecule has 0 radical (unpaired) electrons. The minimum atomic E-state index is 0.0358. The van der Waals surface area contributed by atoms with Gasteiger partial charge in [0.1, 0.15) is 0 Å². The Labute approximate surface area is 140 Å². The van der Waals surface area contributed by atoms with E-state index in [-0.39, 0.29) is 11.7 Å². The van der Waals surface area contributed by atoms with Gasteiger partial charge in [-0.2, -0.15) is 0 Å². The number of benzene rings is 1. The predicted octanol–water partition coefficient (Wildman–Crippen LogP) is 3.72. The average molecular weight is 315 g/mol. The predicted molar refractivity (Wildman–Crippen MR) is 95.5 cm³/mol. The molecule has 1 aliphatic rings. The quantitative estimate of drug-likeness (QED) is 0.749. The average Bonchev–Trinajstić information content (AvgIpc) is 2.56. The Balaban J connectivity index is 2.45. The fourth-order valence-corrected chi connectivity index (χ4v) is 3.12. The van der Waals surface area contributed by atoms with Gasteiger partial charge in [0.2, 0.25) is 0 Å². The van der Waals surface area contributed by atoms with Crippen molar-refractivity contribution in [1.82, 2.24) is 4.90 Å². The lowest BCUT2D eigenvalue weighted by molar-refractivity contribution is -0.118. The summed E-state index contributed by atoms with van der Waals surface area (Å²) in [5.41, 5.74) is 4.63. The molecule has 2 rings (SSSR count). The molecule has 0 aliphatic carbocycles. The van der Waals surface area contributed by atoms with Gasteiger partial charge in [0.15, 0.2) is 5.78 Å². The monoisotopic (exact) mass is 315 g/mol. The van der Waals surface area contributed by atoms with Crippen LogP contribution in [0.3, 0.4) is 0 Å². The lowest BCUT2D eigenvalue weighted by Gasteiger charge is -2.29. The van der Waals surface area contributed by atoms with Crippen LogP contribution in [0.2, 0.25) is 0 Å². The van der Waals surface area contributed by atoms with E-state index in [1.54, 1.807) is 0 Å². The molecule has 0 N–H and O–H groups in total. The Morgan fingerprint density at radius 1 is 1.22 bits per heavy atom. The first kappa shape index (κ1) is 17.9. The number of allylic oxidation sites excluding steroid dienone is 1. The molecule has 1 saturated heterocycles. The van der Waals surface area contributed by atoms with Gasteiger partial charge in [-0.05, 0) is 30.0 Å². The van der Waals surface area contributed by atoms with Crippen LogP contribution in [0.5, 0.6) is 0 Å². The third-order valence-electron chi connectivity index (χ3n) is 4.50. The highest BCUT2D eigenvalue weighted by Gasteiger charge is 2.21. The smallest absolute Gasteiger partial charge is 0.161 e. The normalized spacial score (nSPS) is 17.3. The van der Waals surface area contributed by atoms with Crippen molar-refractivity contribution in [2.75, 3.05) is 32.8 Å². The molecule has 0 unspecified atom stereocenters. The van der Waals surface area contributed by atoms with E-state index in [4.69, 9.17) is 4.74 Å². The molecule has 1 fully saturated rings. The molecule has 3 nitrogen and oxygen atoms in total. The molecule has 0 saturated carbocycles. The van der Waals surface area contributed by atoms with Crippen LogP contribution in [0, 0.1) is 12.8 Å². The number of hydrogen-bond donors (Lipinski definition) is 0. The van der Waals surface area contributed by atoms with Crippen LogP contribution in [-0.4, -0.2) is 43.5 Å². The third kappa shape index (κ3) is 4.52. The van der Waals surface area contributed by atoms with Crippen molar-refractivity contribution in [3.8, 4) is 0 Å². The second kappa shape index (κ2) is 8.42. The first-order chi connectivity index (χ1) is 11.0. The topological polar surface area (TPSA) is 29.5 Å². The summed E-state index contributed by atoms with van der Waals surface area (Å²) >= 11 is 0. The highest BCUT2D eigenvalue weighted by atomic mass is 16.5. The summed E-state index contributed by atoms with van der Waals surface area (Å²) in [5, 5.41) is 0. The molecule has 1 heterocycles. The van der Waals surface area contributed by atoms with E-state index < -0.39 is 0 Å². The lowest BCUT2D eigenvalue weighted by Crippen LogP contribution is -2.37. The van der Waals surface area contributed by atoms with Gasteiger partial charge in [-0.3, -0.25) is 9.69 Å². The van der Waals surface area contributed by atoms with Crippen molar-refractivity contribution < 1.29 is 9.53 Å². The Bertz CT molecular complexity index is 569. The van der Waals surface area contributed by atoms with Crippen LogP contribution in [0.1, 0.15) is 38.3 Å². The van der Waals surface area contributed by atoms with Crippen LogP contribution in [0.15, 0.2) is 29.8 Å². The summed E-state index contributed by atoms with van der Waals surface area (Å²) in [7, 11) is 0. The SMILES string of the molecule is CC/C(C(=O)C(C)C)=C(/CN1CCOCC1)c1ccccc1C. The number of nitrogens with zero attached hydrogens (tertiary/aromatic N) is 1. The number of hydrogen-bond acceptors (Lipinski definition) is 3. The molecule has 0 amide bonds. The van der Waals surface area contributed by atoms with Crippen molar-refractivity contribution in [3.05, 3.63) is 41.0 Å². The Morgan fingerprint density at radius 2 is 1.87 bits per heavy atom. The first-order valence-corrected chi connectivity index (χ1v) is 8.67. The number of ether oxygens (including phenoxy) is 1. The molecule has 0 aromatic heterocycles. The molecular formula is C20H29NO2. The van der Waals surface area contributed by atoms with Gasteiger partial charge in [0.05, 0.1) is 13.2 Å². The number of ketones is 1. The van der Waals surface area contributed by atoms with E-state index >= 15 is 0 Å². The summed E-state index contributed by atoms with van der Waals surface area (Å²) in [6.45, 7) is 12.4. The zero-order valence-corrected chi connectivity index (χ0v) is 14.9. The van der Waals surface area contributed by atoms with E-state index in [0.29, 0.717) is 0 Å². The first-order valence-electron chi connectivity index (χ1n) is 8.67. The van der Waals surface area contributed by atoms with Gasteiger partial charge >= 0.3 is 0 Å². The maximum Gasteiger partial charge on any atom is 0.161 e. The largest absolute Gasteiger partial charge is 0.379 e. The molecule has 1 aromatic carbocycles. The Hall–Kier alpha value is -1.45. The number of aryl methyl sites for hydroxylation is 1. The molecular weight excluding hydrogens is 286 g/mol.